The van der Waals surface area contributed by atoms with E-state index in [0.717, 1.165) is 11.3 Å². The molecule has 0 unspecified atom stereocenters. The van der Waals surface area contributed by atoms with Gasteiger partial charge in [-0.3, -0.25) is 4.98 Å². The van der Waals surface area contributed by atoms with Crippen LogP contribution < -0.4 is 4.74 Å². The van der Waals surface area contributed by atoms with Crippen molar-refractivity contribution in [2.45, 2.75) is 0 Å². The van der Waals surface area contributed by atoms with Crippen molar-refractivity contribution in [3.63, 3.8) is 0 Å². The monoisotopic (exact) mass is 203 g/mol. The van der Waals surface area contributed by atoms with Gasteiger partial charge in [0.15, 0.2) is 0 Å². The minimum Gasteiger partial charge on any atom is -0.494 e. The zero-order chi connectivity index (χ0) is 10.7. The Kier molecular flexibility index (Phi) is 2.63. The summed E-state index contributed by atoms with van der Waals surface area (Å²) >= 11 is 0. The number of benzene rings is 1. The fourth-order valence-electron chi connectivity index (χ4n) is 1.38. The van der Waals surface area contributed by atoms with Crippen molar-refractivity contribution < 1.29 is 9.13 Å². The number of ether oxygens (including phenoxy) is 1. The number of rotatable bonds is 2. The first-order valence-electron chi connectivity index (χ1n) is 4.56. The predicted octanol–water partition coefficient (Wildman–Crippen LogP) is 2.90. The average molecular weight is 203 g/mol. The SMILES string of the molecule is COc1cccnc1-c1ccc(F)cc1. The highest BCUT2D eigenvalue weighted by Crippen LogP contribution is 2.26. The Morgan fingerprint density at radius 1 is 1.13 bits per heavy atom. The van der Waals surface area contributed by atoms with Gasteiger partial charge in [-0.2, -0.15) is 0 Å². The van der Waals surface area contributed by atoms with Crippen LogP contribution in [0.25, 0.3) is 11.3 Å². The van der Waals surface area contributed by atoms with Gasteiger partial charge in [-0.05, 0) is 36.4 Å². The minimum atomic E-state index is -0.256. The van der Waals surface area contributed by atoms with E-state index >= 15 is 0 Å². The second-order valence-electron chi connectivity index (χ2n) is 3.06. The molecule has 0 bridgehead atoms. The molecule has 0 fully saturated rings. The summed E-state index contributed by atoms with van der Waals surface area (Å²) in [7, 11) is 1.59. The molecule has 76 valence electrons. The lowest BCUT2D eigenvalue weighted by molar-refractivity contribution is 0.415. The molecule has 1 aromatic heterocycles. The summed E-state index contributed by atoms with van der Waals surface area (Å²) in [5.74, 6) is 0.428. The van der Waals surface area contributed by atoms with E-state index < -0.39 is 0 Å². The van der Waals surface area contributed by atoms with Crippen molar-refractivity contribution >= 4 is 0 Å². The second kappa shape index (κ2) is 4.09. The molecule has 0 spiro atoms. The van der Waals surface area contributed by atoms with Crippen LogP contribution in [0.2, 0.25) is 0 Å². The topological polar surface area (TPSA) is 22.1 Å². The number of aromatic nitrogens is 1. The molecule has 0 atom stereocenters. The molecule has 0 aliphatic heterocycles. The number of nitrogens with zero attached hydrogens (tertiary/aromatic N) is 1. The second-order valence-corrected chi connectivity index (χ2v) is 3.06. The van der Waals surface area contributed by atoms with Gasteiger partial charge in [0.05, 0.1) is 7.11 Å². The Morgan fingerprint density at radius 2 is 1.87 bits per heavy atom. The highest BCUT2D eigenvalue weighted by atomic mass is 19.1. The Bertz CT molecular complexity index is 453. The molecule has 0 amide bonds. The molecule has 0 aliphatic carbocycles. The minimum absolute atomic E-state index is 0.256. The van der Waals surface area contributed by atoms with Crippen molar-refractivity contribution in [3.05, 3.63) is 48.4 Å². The van der Waals surface area contributed by atoms with Crippen LogP contribution in [0.3, 0.4) is 0 Å². The summed E-state index contributed by atoms with van der Waals surface area (Å²) in [6.45, 7) is 0. The third-order valence-corrected chi connectivity index (χ3v) is 2.11. The van der Waals surface area contributed by atoms with E-state index in [1.54, 1.807) is 31.5 Å². The van der Waals surface area contributed by atoms with E-state index in [1.807, 2.05) is 6.07 Å². The van der Waals surface area contributed by atoms with Crippen LogP contribution in [0.1, 0.15) is 0 Å². The van der Waals surface area contributed by atoms with Gasteiger partial charge in [0.1, 0.15) is 17.3 Å². The van der Waals surface area contributed by atoms with E-state index in [9.17, 15) is 4.39 Å². The quantitative estimate of drug-likeness (QED) is 0.748. The van der Waals surface area contributed by atoms with Crippen LogP contribution in [0.15, 0.2) is 42.6 Å². The van der Waals surface area contributed by atoms with Gasteiger partial charge in [-0.1, -0.05) is 0 Å². The molecule has 0 aliphatic rings. The predicted molar refractivity (Wildman–Crippen MR) is 56.2 cm³/mol. The zero-order valence-electron chi connectivity index (χ0n) is 8.27. The standard InChI is InChI=1S/C12H10FNO/c1-15-11-3-2-8-14-12(11)9-4-6-10(13)7-5-9/h2-8H,1H3. The third-order valence-electron chi connectivity index (χ3n) is 2.11. The molecule has 2 nitrogen and oxygen atoms in total. The van der Waals surface area contributed by atoms with Crippen molar-refractivity contribution in [1.29, 1.82) is 0 Å². The fraction of sp³-hybridized carbons (Fsp3) is 0.0833. The zero-order valence-corrected chi connectivity index (χ0v) is 8.27. The third kappa shape index (κ3) is 1.96. The largest absolute Gasteiger partial charge is 0.494 e. The first-order valence-corrected chi connectivity index (χ1v) is 4.56. The molecular weight excluding hydrogens is 193 g/mol. The van der Waals surface area contributed by atoms with E-state index in [2.05, 4.69) is 4.98 Å². The van der Waals surface area contributed by atoms with Crippen LogP contribution in [0.4, 0.5) is 4.39 Å². The Hall–Kier alpha value is -1.90. The molecule has 3 heteroatoms. The summed E-state index contributed by atoms with van der Waals surface area (Å²) in [5, 5.41) is 0. The van der Waals surface area contributed by atoms with E-state index in [0.29, 0.717) is 5.75 Å². The summed E-state index contributed by atoms with van der Waals surface area (Å²) in [6.07, 6.45) is 1.68. The molecule has 2 rings (SSSR count). The van der Waals surface area contributed by atoms with Crippen LogP contribution >= 0.6 is 0 Å². The molecular formula is C12H10FNO. The van der Waals surface area contributed by atoms with Gasteiger partial charge < -0.3 is 4.74 Å². The lowest BCUT2D eigenvalue weighted by Gasteiger charge is -2.06. The molecule has 15 heavy (non-hydrogen) atoms. The van der Waals surface area contributed by atoms with Gasteiger partial charge in [0.2, 0.25) is 0 Å². The van der Waals surface area contributed by atoms with Crippen LogP contribution in [0.5, 0.6) is 5.75 Å². The molecule has 0 saturated heterocycles. The Morgan fingerprint density at radius 3 is 2.53 bits per heavy atom. The van der Waals surface area contributed by atoms with Gasteiger partial charge in [0.25, 0.3) is 0 Å². The van der Waals surface area contributed by atoms with Crippen molar-refractivity contribution in [2.24, 2.45) is 0 Å². The molecule has 0 radical (unpaired) electrons. The summed E-state index contributed by atoms with van der Waals surface area (Å²) < 4.78 is 17.9. The summed E-state index contributed by atoms with van der Waals surface area (Å²) in [6, 6.07) is 9.80. The summed E-state index contributed by atoms with van der Waals surface area (Å²) in [5.41, 5.74) is 1.56. The lowest BCUT2D eigenvalue weighted by Crippen LogP contribution is -1.90. The normalized spacial score (nSPS) is 10.0. The van der Waals surface area contributed by atoms with Crippen molar-refractivity contribution in [2.75, 3.05) is 7.11 Å². The highest BCUT2D eigenvalue weighted by Gasteiger charge is 2.05. The first kappa shape index (κ1) is 9.65. The van der Waals surface area contributed by atoms with Crippen molar-refractivity contribution in [1.82, 2.24) is 4.98 Å². The van der Waals surface area contributed by atoms with Crippen LogP contribution in [-0.4, -0.2) is 12.1 Å². The molecule has 2 aromatic rings. The molecule has 0 N–H and O–H groups in total. The number of halogens is 1. The number of pyridine rings is 1. The molecule has 1 aromatic carbocycles. The van der Waals surface area contributed by atoms with Crippen molar-refractivity contribution in [3.8, 4) is 17.0 Å². The maximum atomic E-state index is 12.7. The van der Waals surface area contributed by atoms with E-state index in [-0.39, 0.29) is 5.82 Å². The van der Waals surface area contributed by atoms with Crippen LogP contribution in [0, 0.1) is 5.82 Å². The Labute approximate surface area is 87.4 Å². The number of hydrogen-bond acceptors (Lipinski definition) is 2. The first-order chi connectivity index (χ1) is 7.31. The van der Waals surface area contributed by atoms with Gasteiger partial charge in [-0.15, -0.1) is 0 Å². The highest BCUT2D eigenvalue weighted by molar-refractivity contribution is 5.65. The smallest absolute Gasteiger partial charge is 0.145 e. The number of methoxy groups -OCH3 is 1. The number of hydrogen-bond donors (Lipinski definition) is 0. The fourth-order valence-corrected chi connectivity index (χ4v) is 1.38. The maximum absolute atomic E-state index is 12.7. The summed E-state index contributed by atoms with van der Waals surface area (Å²) in [4.78, 5) is 4.20. The van der Waals surface area contributed by atoms with E-state index in [1.165, 1.54) is 12.1 Å². The molecule has 0 saturated carbocycles. The van der Waals surface area contributed by atoms with Gasteiger partial charge >= 0.3 is 0 Å². The van der Waals surface area contributed by atoms with Crippen LogP contribution in [-0.2, 0) is 0 Å². The molecule has 1 heterocycles. The van der Waals surface area contributed by atoms with Gasteiger partial charge in [-0.25, -0.2) is 4.39 Å². The lowest BCUT2D eigenvalue weighted by atomic mass is 10.1. The Balaban J connectivity index is 2.49. The average Bonchev–Trinajstić information content (AvgIpc) is 2.30. The van der Waals surface area contributed by atoms with Gasteiger partial charge in [0, 0.05) is 11.8 Å². The van der Waals surface area contributed by atoms with E-state index in [4.69, 9.17) is 4.74 Å². The maximum Gasteiger partial charge on any atom is 0.145 e.